The van der Waals surface area contributed by atoms with Gasteiger partial charge in [0.1, 0.15) is 7.05 Å². The van der Waals surface area contributed by atoms with Crippen LogP contribution in [0.5, 0.6) is 0 Å². The molecule has 0 radical (unpaired) electrons. The molecule has 0 N–H and O–H groups in total. The summed E-state index contributed by atoms with van der Waals surface area (Å²) < 4.78 is 29.3. The zero-order valence-electron chi connectivity index (χ0n) is 7.89. The first-order valence-electron chi connectivity index (χ1n) is 3.62. The summed E-state index contributed by atoms with van der Waals surface area (Å²) >= 11 is 0. The van der Waals surface area contributed by atoms with Gasteiger partial charge >= 0.3 is 0 Å². The number of pyridine rings is 1. The standard InChI is InChI=1S/C7H10N.CH4O3S/c1-7-4-3-5-8(2)6-7;1-5(2,3)4/h3-6H,1-2H3;1H3,(H,2,3,4)/q+1;/p-1. The highest BCUT2D eigenvalue weighted by Gasteiger charge is 1.87. The highest BCUT2D eigenvalue weighted by atomic mass is 32.2. The van der Waals surface area contributed by atoms with E-state index in [1.807, 2.05) is 23.9 Å². The summed E-state index contributed by atoms with van der Waals surface area (Å²) in [6, 6.07) is 4.12. The Morgan fingerprint density at radius 1 is 1.46 bits per heavy atom. The molecule has 5 heteroatoms. The Balaban J connectivity index is 0.000000252. The molecule has 0 fully saturated rings. The lowest BCUT2D eigenvalue weighted by molar-refractivity contribution is -0.671. The molecule has 0 aliphatic heterocycles. The minimum atomic E-state index is -3.92. The van der Waals surface area contributed by atoms with Gasteiger partial charge in [0.05, 0.1) is 10.1 Å². The summed E-state index contributed by atoms with van der Waals surface area (Å²) in [4.78, 5) is 0. The molecule has 0 saturated heterocycles. The van der Waals surface area contributed by atoms with Crippen molar-refractivity contribution >= 4 is 10.1 Å². The fourth-order valence-electron chi connectivity index (χ4n) is 0.738. The highest BCUT2D eigenvalue weighted by molar-refractivity contribution is 7.84. The summed E-state index contributed by atoms with van der Waals surface area (Å²) in [5, 5.41) is 0. The average molecular weight is 203 g/mol. The predicted octanol–water partition coefficient (Wildman–Crippen LogP) is -0.0191. The molecule has 0 bridgehead atoms. The van der Waals surface area contributed by atoms with Crippen molar-refractivity contribution in [3.05, 3.63) is 30.1 Å². The summed E-state index contributed by atoms with van der Waals surface area (Å²) in [6.07, 6.45) is 4.71. The van der Waals surface area contributed by atoms with E-state index in [0.29, 0.717) is 6.26 Å². The molecular weight excluding hydrogens is 190 g/mol. The Morgan fingerprint density at radius 2 is 1.92 bits per heavy atom. The number of rotatable bonds is 0. The third kappa shape index (κ3) is 11.1. The molecule has 1 heterocycles. The van der Waals surface area contributed by atoms with Gasteiger partial charge in [0, 0.05) is 17.9 Å². The van der Waals surface area contributed by atoms with E-state index in [1.54, 1.807) is 0 Å². The quantitative estimate of drug-likeness (QED) is 0.440. The molecule has 0 unspecified atom stereocenters. The minimum absolute atomic E-state index is 0.604. The Kier molecular flexibility index (Phi) is 4.58. The maximum atomic E-state index is 9.08. The third-order valence-electron chi connectivity index (χ3n) is 1.09. The molecule has 0 saturated carbocycles. The van der Waals surface area contributed by atoms with Crippen molar-refractivity contribution in [3.8, 4) is 0 Å². The summed E-state index contributed by atoms with van der Waals surface area (Å²) in [5.41, 5.74) is 1.30. The smallest absolute Gasteiger partial charge is 0.171 e. The van der Waals surface area contributed by atoms with Crippen molar-refractivity contribution < 1.29 is 17.5 Å². The number of nitrogens with zero attached hydrogens (tertiary/aromatic N) is 1. The van der Waals surface area contributed by atoms with E-state index in [4.69, 9.17) is 13.0 Å². The van der Waals surface area contributed by atoms with Gasteiger partial charge in [-0.05, 0) is 13.0 Å². The van der Waals surface area contributed by atoms with E-state index in [9.17, 15) is 0 Å². The molecule has 0 spiro atoms. The van der Waals surface area contributed by atoms with Crippen LogP contribution in [0.3, 0.4) is 0 Å². The van der Waals surface area contributed by atoms with Crippen LogP contribution >= 0.6 is 0 Å². The van der Waals surface area contributed by atoms with E-state index < -0.39 is 10.1 Å². The largest absolute Gasteiger partial charge is 0.748 e. The van der Waals surface area contributed by atoms with Gasteiger partial charge in [0.25, 0.3) is 0 Å². The lowest BCUT2D eigenvalue weighted by Crippen LogP contribution is -2.26. The van der Waals surface area contributed by atoms with Crippen LogP contribution in [0.15, 0.2) is 24.5 Å². The number of hydrogen-bond donors (Lipinski definition) is 0. The zero-order valence-corrected chi connectivity index (χ0v) is 8.71. The molecule has 4 nitrogen and oxygen atoms in total. The van der Waals surface area contributed by atoms with Crippen LogP contribution in [0.25, 0.3) is 0 Å². The molecule has 0 atom stereocenters. The Morgan fingerprint density at radius 3 is 2.15 bits per heavy atom. The molecule has 0 amide bonds. The van der Waals surface area contributed by atoms with Crippen LogP contribution in [0.1, 0.15) is 5.56 Å². The predicted molar refractivity (Wildman–Crippen MR) is 48.0 cm³/mol. The monoisotopic (exact) mass is 203 g/mol. The maximum absolute atomic E-state index is 9.08. The van der Waals surface area contributed by atoms with Gasteiger partial charge in [-0.25, -0.2) is 13.0 Å². The number of aryl methyl sites for hydroxylation is 2. The summed E-state index contributed by atoms with van der Waals surface area (Å²) in [5.74, 6) is 0. The maximum Gasteiger partial charge on any atom is 0.171 e. The number of hydrogen-bond acceptors (Lipinski definition) is 3. The summed E-state index contributed by atoms with van der Waals surface area (Å²) in [6.45, 7) is 2.08. The van der Waals surface area contributed by atoms with Gasteiger partial charge in [0.15, 0.2) is 12.4 Å². The molecule has 1 rings (SSSR count). The van der Waals surface area contributed by atoms with Crippen LogP contribution in [0.4, 0.5) is 0 Å². The minimum Gasteiger partial charge on any atom is -0.748 e. The highest BCUT2D eigenvalue weighted by Crippen LogP contribution is 1.86. The second-order valence-electron chi connectivity index (χ2n) is 2.75. The van der Waals surface area contributed by atoms with E-state index >= 15 is 0 Å². The van der Waals surface area contributed by atoms with Gasteiger partial charge in [-0.1, -0.05) is 0 Å². The molecule has 0 aliphatic rings. The molecule has 13 heavy (non-hydrogen) atoms. The van der Waals surface area contributed by atoms with Gasteiger partial charge in [-0.2, -0.15) is 0 Å². The lowest BCUT2D eigenvalue weighted by Gasteiger charge is -1.90. The van der Waals surface area contributed by atoms with Crippen molar-refractivity contribution in [2.75, 3.05) is 6.26 Å². The SMILES string of the molecule is CS(=O)(=O)[O-].Cc1ccc[n+](C)c1. The van der Waals surface area contributed by atoms with Crippen LogP contribution in [-0.2, 0) is 17.2 Å². The van der Waals surface area contributed by atoms with Crippen molar-refractivity contribution in [3.63, 3.8) is 0 Å². The van der Waals surface area contributed by atoms with Crippen molar-refractivity contribution in [1.82, 2.24) is 0 Å². The Bertz CT molecular complexity index is 334. The second kappa shape index (κ2) is 4.94. The first-order valence-corrected chi connectivity index (χ1v) is 5.43. The molecular formula is C8H13NO3S. The first kappa shape index (κ1) is 12.1. The van der Waals surface area contributed by atoms with Crippen LogP contribution in [-0.4, -0.2) is 19.2 Å². The number of aromatic nitrogens is 1. The molecule has 74 valence electrons. The Labute approximate surface area is 78.6 Å². The van der Waals surface area contributed by atoms with E-state index in [-0.39, 0.29) is 0 Å². The van der Waals surface area contributed by atoms with Gasteiger partial charge < -0.3 is 4.55 Å². The van der Waals surface area contributed by atoms with Crippen molar-refractivity contribution in [1.29, 1.82) is 0 Å². The van der Waals surface area contributed by atoms with Gasteiger partial charge in [-0.15, -0.1) is 0 Å². The lowest BCUT2D eigenvalue weighted by atomic mass is 10.3. The van der Waals surface area contributed by atoms with Crippen LogP contribution in [0, 0.1) is 6.92 Å². The van der Waals surface area contributed by atoms with Crippen molar-refractivity contribution in [2.45, 2.75) is 6.92 Å². The van der Waals surface area contributed by atoms with Gasteiger partial charge in [-0.3, -0.25) is 0 Å². The zero-order chi connectivity index (χ0) is 10.5. The van der Waals surface area contributed by atoms with Gasteiger partial charge in [0.2, 0.25) is 0 Å². The normalized spacial score (nSPS) is 10.2. The molecule has 0 aromatic carbocycles. The molecule has 1 aromatic rings. The fraction of sp³-hybridized carbons (Fsp3) is 0.375. The average Bonchev–Trinajstić information content (AvgIpc) is 1.81. The van der Waals surface area contributed by atoms with Crippen LogP contribution < -0.4 is 4.57 Å². The van der Waals surface area contributed by atoms with E-state index in [0.717, 1.165) is 0 Å². The van der Waals surface area contributed by atoms with E-state index in [1.165, 1.54) is 5.56 Å². The molecule has 0 aliphatic carbocycles. The molecule has 1 aromatic heterocycles. The van der Waals surface area contributed by atoms with Crippen molar-refractivity contribution in [2.24, 2.45) is 7.05 Å². The van der Waals surface area contributed by atoms with E-state index in [2.05, 4.69) is 19.2 Å². The first-order chi connectivity index (χ1) is 5.79. The topological polar surface area (TPSA) is 61.1 Å². The second-order valence-corrected chi connectivity index (χ2v) is 4.16. The van der Waals surface area contributed by atoms with Crippen LogP contribution in [0.2, 0.25) is 0 Å². The third-order valence-corrected chi connectivity index (χ3v) is 1.09. The Hall–Kier alpha value is -0.940. The fourth-order valence-corrected chi connectivity index (χ4v) is 0.738. The summed E-state index contributed by atoms with van der Waals surface area (Å²) in [7, 11) is -1.90.